The standard InChI is InChI=1S/C19H17ClN2O5S/c1-11-6-7-12(9-15(11)22(25)26)17(23)21-16(19(24)27-2)10-28-18(21)13-4-3-5-14(20)8-13/h3-9,16,18H,10H2,1-2H3. The van der Waals surface area contributed by atoms with E-state index in [1.54, 1.807) is 25.1 Å². The average Bonchev–Trinajstić information content (AvgIpc) is 3.12. The van der Waals surface area contributed by atoms with Crippen LogP contribution in [-0.2, 0) is 9.53 Å². The number of methoxy groups -OCH3 is 1. The monoisotopic (exact) mass is 420 g/mol. The molecule has 7 nitrogen and oxygen atoms in total. The minimum Gasteiger partial charge on any atom is -0.467 e. The summed E-state index contributed by atoms with van der Waals surface area (Å²) in [5.74, 6) is -0.663. The van der Waals surface area contributed by atoms with Crippen LogP contribution in [0.25, 0.3) is 0 Å². The molecule has 28 heavy (non-hydrogen) atoms. The molecule has 0 aromatic heterocycles. The molecule has 2 aromatic rings. The molecule has 1 saturated heterocycles. The number of hydrogen-bond acceptors (Lipinski definition) is 6. The van der Waals surface area contributed by atoms with Gasteiger partial charge in [0.2, 0.25) is 0 Å². The molecule has 146 valence electrons. The second kappa shape index (κ2) is 8.20. The summed E-state index contributed by atoms with van der Waals surface area (Å²) >= 11 is 7.50. The van der Waals surface area contributed by atoms with Gasteiger partial charge in [0.05, 0.1) is 12.0 Å². The Hall–Kier alpha value is -2.58. The van der Waals surface area contributed by atoms with E-state index in [9.17, 15) is 19.7 Å². The Labute approximate surface area is 170 Å². The number of ether oxygens (including phenoxy) is 1. The number of hydrogen-bond donors (Lipinski definition) is 0. The number of aryl methyl sites for hydroxylation is 1. The molecule has 2 aromatic carbocycles. The van der Waals surface area contributed by atoms with Gasteiger partial charge in [-0.3, -0.25) is 14.9 Å². The number of amides is 1. The Morgan fingerprint density at radius 1 is 1.29 bits per heavy atom. The number of rotatable bonds is 4. The fourth-order valence-corrected chi connectivity index (χ4v) is 4.68. The first-order valence-electron chi connectivity index (χ1n) is 8.36. The quantitative estimate of drug-likeness (QED) is 0.422. The van der Waals surface area contributed by atoms with Crippen molar-refractivity contribution < 1.29 is 19.2 Å². The van der Waals surface area contributed by atoms with Gasteiger partial charge in [0.25, 0.3) is 11.6 Å². The van der Waals surface area contributed by atoms with Gasteiger partial charge in [0.15, 0.2) is 0 Å². The van der Waals surface area contributed by atoms with Gasteiger partial charge < -0.3 is 9.64 Å². The van der Waals surface area contributed by atoms with Crippen LogP contribution in [0.15, 0.2) is 42.5 Å². The highest BCUT2D eigenvalue weighted by atomic mass is 35.5. The lowest BCUT2D eigenvalue weighted by Crippen LogP contribution is -2.43. The number of carbonyl (C=O) groups excluding carboxylic acids is 2. The molecule has 3 rings (SSSR count). The van der Waals surface area contributed by atoms with Crippen LogP contribution in [0.5, 0.6) is 0 Å². The minimum atomic E-state index is -0.799. The third-order valence-corrected chi connectivity index (χ3v) is 6.05. The zero-order chi connectivity index (χ0) is 20.4. The molecule has 1 fully saturated rings. The summed E-state index contributed by atoms with van der Waals surface area (Å²) in [5.41, 5.74) is 1.21. The highest BCUT2D eigenvalue weighted by molar-refractivity contribution is 7.99. The van der Waals surface area contributed by atoms with E-state index in [1.807, 2.05) is 6.07 Å². The van der Waals surface area contributed by atoms with Crippen LogP contribution >= 0.6 is 23.4 Å². The predicted molar refractivity (Wildman–Crippen MR) is 106 cm³/mol. The highest BCUT2D eigenvalue weighted by Gasteiger charge is 2.43. The van der Waals surface area contributed by atoms with Crippen LogP contribution in [-0.4, -0.2) is 40.6 Å². The first-order chi connectivity index (χ1) is 13.3. The van der Waals surface area contributed by atoms with Crippen molar-refractivity contribution >= 4 is 40.9 Å². The second-order valence-electron chi connectivity index (χ2n) is 6.25. The number of halogens is 1. The van der Waals surface area contributed by atoms with E-state index in [1.165, 1.54) is 42.0 Å². The Balaban J connectivity index is 2.04. The zero-order valence-electron chi connectivity index (χ0n) is 15.1. The third kappa shape index (κ3) is 3.83. The Bertz CT molecular complexity index is 952. The van der Waals surface area contributed by atoms with Crippen LogP contribution < -0.4 is 0 Å². The molecule has 0 N–H and O–H groups in total. The Morgan fingerprint density at radius 3 is 2.68 bits per heavy atom. The molecule has 2 unspecified atom stereocenters. The van der Waals surface area contributed by atoms with Gasteiger partial charge in [0.1, 0.15) is 11.4 Å². The van der Waals surface area contributed by atoms with Crippen LogP contribution in [0.1, 0.15) is 26.9 Å². The maximum Gasteiger partial charge on any atom is 0.329 e. The third-order valence-electron chi connectivity index (χ3n) is 4.49. The number of nitro benzene ring substituents is 1. The molecule has 1 aliphatic heterocycles. The van der Waals surface area contributed by atoms with Gasteiger partial charge in [-0.15, -0.1) is 11.8 Å². The molecule has 2 atom stereocenters. The van der Waals surface area contributed by atoms with Crippen LogP contribution in [0, 0.1) is 17.0 Å². The smallest absolute Gasteiger partial charge is 0.329 e. The molecule has 0 saturated carbocycles. The van der Waals surface area contributed by atoms with Crippen molar-refractivity contribution in [1.29, 1.82) is 0 Å². The fourth-order valence-electron chi connectivity index (χ4n) is 3.08. The van der Waals surface area contributed by atoms with E-state index in [0.29, 0.717) is 16.3 Å². The summed E-state index contributed by atoms with van der Waals surface area (Å²) < 4.78 is 4.86. The molecule has 0 bridgehead atoms. The first kappa shape index (κ1) is 20.2. The topological polar surface area (TPSA) is 89.8 Å². The van der Waals surface area contributed by atoms with E-state index < -0.39 is 28.2 Å². The lowest BCUT2D eigenvalue weighted by Gasteiger charge is -2.28. The number of esters is 1. The molecule has 9 heteroatoms. The molecule has 0 aliphatic carbocycles. The van der Waals surface area contributed by atoms with Crippen LogP contribution in [0.4, 0.5) is 5.69 Å². The Kier molecular flexibility index (Phi) is 5.90. The molecular formula is C19H17ClN2O5S. The van der Waals surface area contributed by atoms with Crippen molar-refractivity contribution in [2.24, 2.45) is 0 Å². The summed E-state index contributed by atoms with van der Waals surface area (Å²) in [6.07, 6.45) is 0. The van der Waals surface area contributed by atoms with Crippen molar-refractivity contribution in [3.63, 3.8) is 0 Å². The molecular weight excluding hydrogens is 404 g/mol. The highest BCUT2D eigenvalue weighted by Crippen LogP contribution is 2.43. The van der Waals surface area contributed by atoms with Crippen molar-refractivity contribution in [2.45, 2.75) is 18.3 Å². The first-order valence-corrected chi connectivity index (χ1v) is 9.78. The maximum absolute atomic E-state index is 13.3. The summed E-state index contributed by atoms with van der Waals surface area (Å²) in [6, 6.07) is 10.5. The number of nitro groups is 1. The summed E-state index contributed by atoms with van der Waals surface area (Å²) in [5, 5.41) is 11.3. The van der Waals surface area contributed by atoms with E-state index in [4.69, 9.17) is 16.3 Å². The minimum absolute atomic E-state index is 0.140. The van der Waals surface area contributed by atoms with Gasteiger partial charge in [-0.2, -0.15) is 0 Å². The summed E-state index contributed by atoms with van der Waals surface area (Å²) in [4.78, 5) is 37.7. The van der Waals surface area contributed by atoms with Gasteiger partial charge in [-0.25, -0.2) is 4.79 Å². The number of benzene rings is 2. The number of thioether (sulfide) groups is 1. The van der Waals surface area contributed by atoms with Crippen molar-refractivity contribution in [3.05, 3.63) is 74.3 Å². The number of carbonyl (C=O) groups is 2. The molecule has 1 amide bonds. The van der Waals surface area contributed by atoms with Crippen LogP contribution in [0.3, 0.4) is 0 Å². The largest absolute Gasteiger partial charge is 0.467 e. The van der Waals surface area contributed by atoms with Crippen molar-refractivity contribution in [3.8, 4) is 0 Å². The zero-order valence-corrected chi connectivity index (χ0v) is 16.7. The lowest BCUT2D eigenvalue weighted by molar-refractivity contribution is -0.385. The predicted octanol–water partition coefficient (Wildman–Crippen LogP) is 3.99. The van der Waals surface area contributed by atoms with Crippen molar-refractivity contribution in [2.75, 3.05) is 12.9 Å². The fraction of sp³-hybridized carbons (Fsp3) is 0.263. The van der Waals surface area contributed by atoms with Crippen molar-refractivity contribution in [1.82, 2.24) is 4.90 Å². The van der Waals surface area contributed by atoms with E-state index in [2.05, 4.69) is 0 Å². The second-order valence-corrected chi connectivity index (χ2v) is 7.80. The van der Waals surface area contributed by atoms with Gasteiger partial charge in [-0.05, 0) is 30.7 Å². The van der Waals surface area contributed by atoms with Gasteiger partial charge in [0, 0.05) is 28.0 Å². The van der Waals surface area contributed by atoms with E-state index in [-0.39, 0.29) is 11.3 Å². The van der Waals surface area contributed by atoms with Gasteiger partial charge in [-0.1, -0.05) is 29.8 Å². The normalized spacial score (nSPS) is 18.8. The Morgan fingerprint density at radius 2 is 2.04 bits per heavy atom. The summed E-state index contributed by atoms with van der Waals surface area (Å²) in [6.45, 7) is 1.60. The summed E-state index contributed by atoms with van der Waals surface area (Å²) in [7, 11) is 1.26. The molecule has 1 heterocycles. The number of nitrogens with zero attached hydrogens (tertiary/aromatic N) is 2. The van der Waals surface area contributed by atoms with Gasteiger partial charge >= 0.3 is 5.97 Å². The molecule has 1 aliphatic rings. The molecule has 0 spiro atoms. The average molecular weight is 421 g/mol. The SMILES string of the molecule is COC(=O)C1CSC(c2cccc(Cl)c2)N1C(=O)c1ccc(C)c([N+](=O)[O-])c1. The van der Waals surface area contributed by atoms with E-state index in [0.717, 1.165) is 5.56 Å². The lowest BCUT2D eigenvalue weighted by atomic mass is 10.1. The maximum atomic E-state index is 13.3. The van der Waals surface area contributed by atoms with Crippen LogP contribution in [0.2, 0.25) is 5.02 Å². The van der Waals surface area contributed by atoms with E-state index >= 15 is 0 Å². The molecule has 0 radical (unpaired) electrons.